The summed E-state index contributed by atoms with van der Waals surface area (Å²) in [7, 11) is -4.24. The van der Waals surface area contributed by atoms with Gasteiger partial charge in [-0.15, -0.1) is 0 Å². The summed E-state index contributed by atoms with van der Waals surface area (Å²) in [5.74, 6) is -1.35. The minimum atomic E-state index is -4.24. The lowest BCUT2D eigenvalue weighted by atomic mass is 10.1. The first kappa shape index (κ1) is 30.8. The molecule has 2 unspecified atom stereocenters. The molecule has 3 rings (SSSR count). The molecule has 0 spiro atoms. The van der Waals surface area contributed by atoms with Gasteiger partial charge in [0, 0.05) is 12.6 Å². The Bertz CT molecular complexity index is 1360. The van der Waals surface area contributed by atoms with Crippen molar-refractivity contribution in [3.05, 3.63) is 95.8 Å². The van der Waals surface area contributed by atoms with Gasteiger partial charge in [-0.2, -0.15) is 0 Å². The van der Waals surface area contributed by atoms with Gasteiger partial charge in [0.05, 0.1) is 10.6 Å². The number of carbonyl (C=O) groups excluding carboxylic acids is 2. The molecule has 0 radical (unpaired) electrons. The van der Waals surface area contributed by atoms with Gasteiger partial charge in [0.1, 0.15) is 18.4 Å². The lowest BCUT2D eigenvalue weighted by Gasteiger charge is -2.33. The minimum Gasteiger partial charge on any atom is -0.352 e. The fourth-order valence-electron chi connectivity index (χ4n) is 4.31. The Labute approximate surface area is 237 Å². The second kappa shape index (κ2) is 14.1. The predicted molar refractivity (Wildman–Crippen MR) is 156 cm³/mol. The van der Waals surface area contributed by atoms with Crippen LogP contribution in [-0.4, -0.2) is 50.3 Å². The maximum atomic E-state index is 14.0. The number of carbonyl (C=O) groups is 2. The maximum absolute atomic E-state index is 14.0. The number of hydrogen-bond acceptors (Lipinski definition) is 4. The molecule has 0 aliphatic carbocycles. The highest BCUT2D eigenvalue weighted by Crippen LogP contribution is 2.25. The van der Waals surface area contributed by atoms with E-state index in [2.05, 4.69) is 5.32 Å². The van der Waals surface area contributed by atoms with E-state index in [0.29, 0.717) is 18.5 Å². The fourth-order valence-corrected chi connectivity index (χ4v) is 5.72. The quantitative estimate of drug-likeness (QED) is 0.312. The van der Waals surface area contributed by atoms with Gasteiger partial charge in [-0.05, 0) is 75.1 Å². The zero-order valence-electron chi connectivity index (χ0n) is 23.5. The van der Waals surface area contributed by atoms with Crippen LogP contribution >= 0.6 is 0 Å². The SMILES string of the molecule is CCC(C)NC(=O)C(CC)N(CCc1ccccc1)C(=O)CN(c1ccc(C)cc1)S(=O)(=O)c1ccc(F)cc1. The number of hydrogen-bond donors (Lipinski definition) is 1. The normalized spacial score (nSPS) is 12.8. The van der Waals surface area contributed by atoms with Crippen molar-refractivity contribution < 1.29 is 22.4 Å². The second-order valence-corrected chi connectivity index (χ2v) is 11.7. The van der Waals surface area contributed by atoms with E-state index in [-0.39, 0.29) is 23.4 Å². The predicted octanol–water partition coefficient (Wildman–Crippen LogP) is 5.09. The molecule has 214 valence electrons. The molecule has 0 bridgehead atoms. The van der Waals surface area contributed by atoms with E-state index in [1.807, 2.05) is 58.0 Å². The van der Waals surface area contributed by atoms with E-state index in [4.69, 9.17) is 0 Å². The summed E-state index contributed by atoms with van der Waals surface area (Å²) < 4.78 is 42.2. The molecule has 0 fully saturated rings. The topological polar surface area (TPSA) is 86.8 Å². The molecular weight excluding hydrogens is 529 g/mol. The highest BCUT2D eigenvalue weighted by atomic mass is 32.2. The van der Waals surface area contributed by atoms with E-state index < -0.39 is 34.3 Å². The third kappa shape index (κ3) is 7.91. The number of sulfonamides is 1. The van der Waals surface area contributed by atoms with Gasteiger partial charge in [0.15, 0.2) is 0 Å². The first-order valence-corrected chi connectivity index (χ1v) is 15.0. The Balaban J connectivity index is 2.00. The molecule has 7 nitrogen and oxygen atoms in total. The fraction of sp³-hybridized carbons (Fsp3) is 0.355. The second-order valence-electron chi connectivity index (χ2n) is 9.87. The Kier molecular flexibility index (Phi) is 10.8. The van der Waals surface area contributed by atoms with Gasteiger partial charge in [-0.3, -0.25) is 13.9 Å². The minimum absolute atomic E-state index is 0.0736. The number of aryl methyl sites for hydroxylation is 1. The highest BCUT2D eigenvalue weighted by molar-refractivity contribution is 7.92. The Hall–Kier alpha value is -3.72. The van der Waals surface area contributed by atoms with Crippen LogP contribution in [0, 0.1) is 12.7 Å². The molecule has 3 aromatic carbocycles. The molecule has 40 heavy (non-hydrogen) atoms. The standard InChI is InChI=1S/C31H38FN3O4S/c1-5-24(4)33-31(37)29(6-2)34(21-20-25-10-8-7-9-11-25)30(36)22-35(27-16-12-23(3)13-17-27)40(38,39)28-18-14-26(32)15-19-28/h7-19,24,29H,5-6,20-22H2,1-4H3,(H,33,37). The van der Waals surface area contributed by atoms with Crippen LogP contribution in [0.5, 0.6) is 0 Å². The van der Waals surface area contributed by atoms with Crippen LogP contribution in [0.25, 0.3) is 0 Å². The smallest absolute Gasteiger partial charge is 0.264 e. The first-order chi connectivity index (χ1) is 19.1. The van der Waals surface area contributed by atoms with Crippen LogP contribution in [-0.2, 0) is 26.0 Å². The van der Waals surface area contributed by atoms with Gasteiger partial charge in [0.2, 0.25) is 11.8 Å². The zero-order chi connectivity index (χ0) is 29.3. The van der Waals surface area contributed by atoms with E-state index in [0.717, 1.165) is 34.0 Å². The van der Waals surface area contributed by atoms with Gasteiger partial charge in [-0.25, -0.2) is 12.8 Å². The molecule has 2 amide bonds. The lowest BCUT2D eigenvalue weighted by Crippen LogP contribution is -2.54. The van der Waals surface area contributed by atoms with E-state index in [1.165, 1.54) is 17.0 Å². The summed E-state index contributed by atoms with van der Waals surface area (Å²) >= 11 is 0. The molecule has 0 aliphatic heterocycles. The number of rotatable bonds is 13. The van der Waals surface area contributed by atoms with Crippen LogP contribution < -0.4 is 9.62 Å². The summed E-state index contributed by atoms with van der Waals surface area (Å²) in [4.78, 5) is 28.6. The summed E-state index contributed by atoms with van der Waals surface area (Å²) in [5, 5.41) is 2.97. The van der Waals surface area contributed by atoms with Crippen molar-refractivity contribution in [1.82, 2.24) is 10.2 Å². The molecule has 0 saturated carbocycles. The van der Waals surface area contributed by atoms with Gasteiger partial charge in [0.25, 0.3) is 10.0 Å². The Morgan fingerprint density at radius 1 is 0.900 bits per heavy atom. The van der Waals surface area contributed by atoms with Crippen LogP contribution in [0.2, 0.25) is 0 Å². The number of benzene rings is 3. The zero-order valence-corrected chi connectivity index (χ0v) is 24.3. The van der Waals surface area contributed by atoms with Crippen LogP contribution in [0.15, 0.2) is 83.8 Å². The summed E-state index contributed by atoms with van der Waals surface area (Å²) in [6.45, 7) is 7.27. The summed E-state index contributed by atoms with van der Waals surface area (Å²) in [5.41, 5.74) is 2.21. The molecule has 0 saturated heterocycles. The first-order valence-electron chi connectivity index (χ1n) is 13.6. The van der Waals surface area contributed by atoms with Crippen molar-refractivity contribution in [2.24, 2.45) is 0 Å². The molecular formula is C31H38FN3O4S. The number of halogens is 1. The van der Waals surface area contributed by atoms with Crippen LogP contribution in [0.4, 0.5) is 10.1 Å². The van der Waals surface area contributed by atoms with Crippen molar-refractivity contribution in [3.63, 3.8) is 0 Å². The van der Waals surface area contributed by atoms with Gasteiger partial charge >= 0.3 is 0 Å². The molecule has 0 heterocycles. The van der Waals surface area contributed by atoms with E-state index in [1.54, 1.807) is 24.3 Å². The van der Waals surface area contributed by atoms with Gasteiger partial charge in [-0.1, -0.05) is 61.9 Å². The van der Waals surface area contributed by atoms with Crippen LogP contribution in [0.1, 0.15) is 44.7 Å². The molecule has 0 aromatic heterocycles. The number of anilines is 1. The Morgan fingerprint density at radius 3 is 2.10 bits per heavy atom. The van der Waals surface area contributed by atoms with Crippen molar-refractivity contribution in [2.45, 2.75) is 63.9 Å². The average molecular weight is 568 g/mol. The van der Waals surface area contributed by atoms with Crippen molar-refractivity contribution in [2.75, 3.05) is 17.4 Å². The van der Waals surface area contributed by atoms with Crippen LogP contribution in [0.3, 0.4) is 0 Å². The monoisotopic (exact) mass is 567 g/mol. The summed E-state index contributed by atoms with van der Waals surface area (Å²) in [6.07, 6.45) is 1.59. The summed E-state index contributed by atoms with van der Waals surface area (Å²) in [6, 6.07) is 20.0. The molecule has 1 N–H and O–H groups in total. The number of nitrogens with one attached hydrogen (secondary N) is 1. The third-order valence-electron chi connectivity index (χ3n) is 6.87. The third-order valence-corrected chi connectivity index (χ3v) is 8.66. The largest absolute Gasteiger partial charge is 0.352 e. The number of amides is 2. The van der Waals surface area contributed by atoms with Crippen molar-refractivity contribution >= 4 is 27.5 Å². The van der Waals surface area contributed by atoms with Gasteiger partial charge < -0.3 is 10.2 Å². The van der Waals surface area contributed by atoms with Crippen molar-refractivity contribution in [1.29, 1.82) is 0 Å². The van der Waals surface area contributed by atoms with Crippen molar-refractivity contribution in [3.8, 4) is 0 Å². The number of nitrogens with zero attached hydrogens (tertiary/aromatic N) is 2. The maximum Gasteiger partial charge on any atom is 0.264 e. The average Bonchev–Trinajstić information content (AvgIpc) is 2.95. The molecule has 9 heteroatoms. The van der Waals surface area contributed by atoms with E-state index >= 15 is 0 Å². The molecule has 3 aromatic rings. The molecule has 0 aliphatic rings. The lowest BCUT2D eigenvalue weighted by molar-refractivity contribution is -0.139. The Morgan fingerprint density at radius 2 is 1.52 bits per heavy atom. The molecule has 2 atom stereocenters. The van der Waals surface area contributed by atoms with E-state index in [9.17, 15) is 22.4 Å². The highest BCUT2D eigenvalue weighted by Gasteiger charge is 2.33.